The van der Waals surface area contributed by atoms with Crippen molar-refractivity contribution in [3.05, 3.63) is 25.3 Å². The normalized spacial score (nSPS) is 13.0. The Kier molecular flexibility index (Phi) is 13.0. The zero-order valence-corrected chi connectivity index (χ0v) is 14.3. The molecule has 6 heteroatoms. The Bertz CT molecular complexity index is 338. The van der Waals surface area contributed by atoms with Crippen LogP contribution in [0.15, 0.2) is 25.3 Å². The lowest BCUT2D eigenvalue weighted by Crippen LogP contribution is -2.29. The summed E-state index contributed by atoms with van der Waals surface area (Å²) < 4.78 is 11.1. The summed E-state index contributed by atoms with van der Waals surface area (Å²) >= 11 is 0. The number of carbonyl (C=O) groups is 2. The third kappa shape index (κ3) is 13.7. The fourth-order valence-electron chi connectivity index (χ4n) is 1.64. The van der Waals surface area contributed by atoms with Crippen LogP contribution < -0.4 is 10.6 Å². The number of hydrogen-bond acceptors (Lipinski definition) is 4. The van der Waals surface area contributed by atoms with E-state index in [0.29, 0.717) is 39.5 Å². The van der Waals surface area contributed by atoms with Gasteiger partial charge in [-0.25, -0.2) is 0 Å². The van der Waals surface area contributed by atoms with Crippen LogP contribution in [0.2, 0.25) is 0 Å². The summed E-state index contributed by atoms with van der Waals surface area (Å²) in [5.74, 6) is 0.189. The zero-order valence-electron chi connectivity index (χ0n) is 14.3. The lowest BCUT2D eigenvalue weighted by molar-refractivity contribution is -0.117. The lowest BCUT2D eigenvalue weighted by Gasteiger charge is -2.14. The van der Waals surface area contributed by atoms with Crippen molar-refractivity contribution in [1.82, 2.24) is 10.6 Å². The van der Waals surface area contributed by atoms with E-state index in [1.54, 1.807) is 0 Å². The van der Waals surface area contributed by atoms with Crippen LogP contribution in [0.3, 0.4) is 0 Å². The zero-order chi connectivity index (χ0) is 17.5. The molecule has 6 nitrogen and oxygen atoms in total. The molecule has 2 N–H and O–H groups in total. The minimum Gasteiger partial charge on any atom is -0.381 e. The second kappa shape index (κ2) is 14.0. The van der Waals surface area contributed by atoms with E-state index in [4.69, 9.17) is 9.47 Å². The summed E-state index contributed by atoms with van der Waals surface area (Å²) in [6.45, 7) is 14.4. The SMILES string of the molecule is C=CC(=O)NCC(C)COCCCOCC(C)CNC(=O)C=C. The molecule has 2 atom stereocenters. The van der Waals surface area contributed by atoms with E-state index >= 15 is 0 Å². The number of nitrogens with one attached hydrogen (secondary N) is 2. The topological polar surface area (TPSA) is 76.7 Å². The number of ether oxygens (including phenoxy) is 2. The van der Waals surface area contributed by atoms with Gasteiger partial charge in [0.15, 0.2) is 0 Å². The van der Waals surface area contributed by atoms with Gasteiger partial charge in [-0.3, -0.25) is 9.59 Å². The molecule has 0 aliphatic carbocycles. The first kappa shape index (κ1) is 21.3. The number of rotatable bonds is 14. The summed E-state index contributed by atoms with van der Waals surface area (Å²) in [6, 6.07) is 0. The molecule has 0 aliphatic rings. The van der Waals surface area contributed by atoms with Gasteiger partial charge in [-0.1, -0.05) is 27.0 Å². The van der Waals surface area contributed by atoms with Gasteiger partial charge in [0.1, 0.15) is 0 Å². The fourth-order valence-corrected chi connectivity index (χ4v) is 1.64. The van der Waals surface area contributed by atoms with Crippen LogP contribution in [0.5, 0.6) is 0 Å². The first-order valence-corrected chi connectivity index (χ1v) is 7.95. The minimum atomic E-state index is -0.163. The summed E-state index contributed by atoms with van der Waals surface area (Å²) in [5, 5.41) is 5.46. The van der Waals surface area contributed by atoms with Crippen molar-refractivity contribution < 1.29 is 19.1 Å². The molecule has 132 valence electrons. The Morgan fingerprint density at radius 3 is 1.65 bits per heavy atom. The van der Waals surface area contributed by atoms with Gasteiger partial charge in [0.2, 0.25) is 11.8 Å². The quantitative estimate of drug-likeness (QED) is 0.372. The number of carbonyl (C=O) groups excluding carboxylic acids is 2. The molecule has 0 radical (unpaired) electrons. The molecule has 2 unspecified atom stereocenters. The first-order chi connectivity index (χ1) is 11.0. The highest BCUT2D eigenvalue weighted by Gasteiger charge is 2.05. The standard InChI is InChI=1S/C17H30N2O4/c1-5-16(20)18-10-14(3)12-22-8-7-9-23-13-15(4)11-19-17(21)6-2/h5-6,14-15H,1-2,7-13H2,3-4H3,(H,18,20)(H,19,21). The van der Waals surface area contributed by atoms with Gasteiger partial charge < -0.3 is 20.1 Å². The summed E-state index contributed by atoms with van der Waals surface area (Å²) in [6.07, 6.45) is 3.33. The van der Waals surface area contributed by atoms with Gasteiger partial charge in [0.25, 0.3) is 0 Å². The summed E-state index contributed by atoms with van der Waals surface area (Å²) in [4.78, 5) is 22.0. The molecular weight excluding hydrogens is 296 g/mol. The highest BCUT2D eigenvalue weighted by Crippen LogP contribution is 1.97. The highest BCUT2D eigenvalue weighted by atomic mass is 16.5. The monoisotopic (exact) mass is 326 g/mol. The third-order valence-corrected chi connectivity index (χ3v) is 3.00. The number of hydrogen-bond donors (Lipinski definition) is 2. The maximum absolute atomic E-state index is 11.0. The molecule has 0 saturated heterocycles. The highest BCUT2D eigenvalue weighted by molar-refractivity contribution is 5.87. The van der Waals surface area contributed by atoms with Crippen LogP contribution in [-0.4, -0.2) is 51.3 Å². The van der Waals surface area contributed by atoms with E-state index in [9.17, 15) is 9.59 Å². The van der Waals surface area contributed by atoms with Crippen LogP contribution in [0.1, 0.15) is 20.3 Å². The Morgan fingerprint density at radius 1 is 0.913 bits per heavy atom. The smallest absolute Gasteiger partial charge is 0.243 e. The lowest BCUT2D eigenvalue weighted by atomic mass is 10.2. The molecule has 0 aromatic heterocycles. The molecule has 0 bridgehead atoms. The maximum atomic E-state index is 11.0. The molecule has 0 spiro atoms. The average Bonchev–Trinajstić information content (AvgIpc) is 2.56. The maximum Gasteiger partial charge on any atom is 0.243 e. The van der Waals surface area contributed by atoms with Crippen molar-refractivity contribution in [3.63, 3.8) is 0 Å². The van der Waals surface area contributed by atoms with E-state index in [2.05, 4.69) is 23.8 Å². The van der Waals surface area contributed by atoms with E-state index in [0.717, 1.165) is 6.42 Å². The van der Waals surface area contributed by atoms with Crippen LogP contribution in [0.25, 0.3) is 0 Å². The van der Waals surface area contributed by atoms with Crippen molar-refractivity contribution in [2.45, 2.75) is 20.3 Å². The summed E-state index contributed by atoms with van der Waals surface area (Å²) in [7, 11) is 0. The van der Waals surface area contributed by atoms with Crippen molar-refractivity contribution in [2.24, 2.45) is 11.8 Å². The van der Waals surface area contributed by atoms with Crippen molar-refractivity contribution in [3.8, 4) is 0 Å². The molecule has 23 heavy (non-hydrogen) atoms. The van der Waals surface area contributed by atoms with Gasteiger partial charge in [-0.15, -0.1) is 0 Å². The van der Waals surface area contributed by atoms with E-state index < -0.39 is 0 Å². The van der Waals surface area contributed by atoms with Crippen molar-refractivity contribution in [2.75, 3.05) is 39.5 Å². The molecule has 0 rings (SSSR count). The van der Waals surface area contributed by atoms with Crippen molar-refractivity contribution in [1.29, 1.82) is 0 Å². The largest absolute Gasteiger partial charge is 0.381 e. The van der Waals surface area contributed by atoms with Crippen molar-refractivity contribution >= 4 is 11.8 Å². The van der Waals surface area contributed by atoms with E-state index in [1.165, 1.54) is 12.2 Å². The van der Waals surface area contributed by atoms with Gasteiger partial charge in [-0.2, -0.15) is 0 Å². The average molecular weight is 326 g/mol. The second-order valence-electron chi connectivity index (χ2n) is 5.61. The van der Waals surface area contributed by atoms with Crippen LogP contribution in [-0.2, 0) is 19.1 Å². The minimum absolute atomic E-state index is 0.163. The summed E-state index contributed by atoms with van der Waals surface area (Å²) in [5.41, 5.74) is 0. The molecule has 0 heterocycles. The second-order valence-corrected chi connectivity index (χ2v) is 5.61. The third-order valence-electron chi connectivity index (χ3n) is 3.00. The molecule has 0 aromatic rings. The molecule has 0 saturated carbocycles. The molecule has 0 fully saturated rings. The predicted molar refractivity (Wildman–Crippen MR) is 91.0 cm³/mol. The van der Waals surface area contributed by atoms with Gasteiger partial charge in [-0.05, 0) is 30.4 Å². The Hall–Kier alpha value is -1.66. The predicted octanol–water partition coefficient (Wildman–Crippen LogP) is 1.29. The van der Waals surface area contributed by atoms with Crippen LogP contribution in [0.4, 0.5) is 0 Å². The molecule has 2 amide bonds. The van der Waals surface area contributed by atoms with Gasteiger partial charge in [0.05, 0.1) is 13.2 Å². The first-order valence-electron chi connectivity index (χ1n) is 7.95. The van der Waals surface area contributed by atoms with Gasteiger partial charge >= 0.3 is 0 Å². The van der Waals surface area contributed by atoms with E-state index in [1.807, 2.05) is 13.8 Å². The van der Waals surface area contributed by atoms with E-state index in [-0.39, 0.29) is 23.7 Å². The Morgan fingerprint density at radius 2 is 1.30 bits per heavy atom. The number of amides is 2. The fraction of sp³-hybridized carbons (Fsp3) is 0.647. The molecule has 0 aromatic carbocycles. The van der Waals surface area contributed by atoms with Crippen LogP contribution >= 0.6 is 0 Å². The Balaban J connectivity index is 3.41. The Labute approximate surface area is 139 Å². The van der Waals surface area contributed by atoms with Crippen LogP contribution in [0, 0.1) is 11.8 Å². The molecule has 0 aliphatic heterocycles. The van der Waals surface area contributed by atoms with Gasteiger partial charge in [0, 0.05) is 26.3 Å². The molecular formula is C17H30N2O4.